The normalized spacial score (nSPS) is 21.9. The lowest BCUT2D eigenvalue weighted by atomic mass is 9.87. The van der Waals surface area contributed by atoms with Crippen LogP contribution in [0.2, 0.25) is 0 Å². The molecule has 134 valence electrons. The molecule has 2 rings (SSSR count). The number of carbonyl (C=O) groups excluding carboxylic acids is 1. The number of sulfonamides is 1. The van der Waals surface area contributed by atoms with Crippen molar-refractivity contribution in [1.82, 2.24) is 9.62 Å². The molecule has 0 bridgehead atoms. The Labute approximate surface area is 145 Å². The molecule has 2 atom stereocenters. The Morgan fingerprint density at radius 1 is 1.21 bits per heavy atom. The van der Waals surface area contributed by atoms with Crippen molar-refractivity contribution < 1.29 is 13.2 Å². The second-order valence-electron chi connectivity index (χ2n) is 7.08. The van der Waals surface area contributed by atoms with Gasteiger partial charge in [-0.25, -0.2) is 8.42 Å². The average Bonchev–Trinajstić information content (AvgIpc) is 2.54. The van der Waals surface area contributed by atoms with Crippen LogP contribution in [0.25, 0.3) is 0 Å². The highest BCUT2D eigenvalue weighted by Crippen LogP contribution is 2.24. The molecule has 0 aliphatic heterocycles. The van der Waals surface area contributed by atoms with Gasteiger partial charge in [-0.05, 0) is 56.9 Å². The van der Waals surface area contributed by atoms with E-state index >= 15 is 0 Å². The third kappa shape index (κ3) is 4.36. The maximum absolute atomic E-state index is 12.4. The van der Waals surface area contributed by atoms with Gasteiger partial charge in [0.2, 0.25) is 10.0 Å². The van der Waals surface area contributed by atoms with Gasteiger partial charge in [0.05, 0.1) is 4.90 Å². The van der Waals surface area contributed by atoms with Gasteiger partial charge in [0, 0.05) is 24.7 Å². The second-order valence-corrected chi connectivity index (χ2v) is 9.08. The minimum atomic E-state index is -3.51. The largest absolute Gasteiger partial charge is 0.349 e. The Bertz CT molecular complexity index is 668. The molecule has 0 radical (unpaired) electrons. The number of nitrogens with zero attached hydrogens (tertiary/aromatic N) is 1. The van der Waals surface area contributed by atoms with Crippen molar-refractivity contribution in [2.45, 2.75) is 63.4 Å². The quantitative estimate of drug-likeness (QED) is 0.886. The van der Waals surface area contributed by atoms with E-state index in [0.29, 0.717) is 11.5 Å². The van der Waals surface area contributed by atoms with E-state index in [-0.39, 0.29) is 22.9 Å². The Kier molecular flexibility index (Phi) is 6.04. The Hall–Kier alpha value is -1.40. The molecule has 1 aliphatic carbocycles. The van der Waals surface area contributed by atoms with Gasteiger partial charge in [-0.15, -0.1) is 0 Å². The van der Waals surface area contributed by atoms with Crippen LogP contribution >= 0.6 is 0 Å². The van der Waals surface area contributed by atoms with Gasteiger partial charge in [0.15, 0.2) is 0 Å². The Morgan fingerprint density at radius 3 is 2.38 bits per heavy atom. The first-order valence-electron chi connectivity index (χ1n) is 8.60. The molecule has 1 N–H and O–H groups in total. The molecule has 1 aromatic rings. The third-order valence-corrected chi connectivity index (χ3v) is 6.84. The molecular weight excluding hydrogens is 324 g/mol. The molecule has 1 fully saturated rings. The van der Waals surface area contributed by atoms with Crippen LogP contribution in [0.4, 0.5) is 0 Å². The predicted molar refractivity (Wildman–Crippen MR) is 95.4 cm³/mol. The van der Waals surface area contributed by atoms with E-state index in [1.807, 2.05) is 13.8 Å². The monoisotopic (exact) mass is 352 g/mol. The summed E-state index contributed by atoms with van der Waals surface area (Å²) in [6.07, 6.45) is 4.40. The molecule has 2 unspecified atom stereocenters. The molecule has 0 heterocycles. The van der Waals surface area contributed by atoms with Crippen molar-refractivity contribution in [2.75, 3.05) is 7.05 Å². The summed E-state index contributed by atoms with van der Waals surface area (Å²) in [6, 6.07) is 6.29. The minimum absolute atomic E-state index is 0.119. The summed E-state index contributed by atoms with van der Waals surface area (Å²) in [5, 5.41) is 3.07. The maximum atomic E-state index is 12.4. The summed E-state index contributed by atoms with van der Waals surface area (Å²) in [4.78, 5) is 12.6. The van der Waals surface area contributed by atoms with Gasteiger partial charge in [-0.1, -0.05) is 19.8 Å². The van der Waals surface area contributed by atoms with E-state index in [1.165, 1.54) is 22.9 Å². The number of hydrogen-bond acceptors (Lipinski definition) is 3. The summed E-state index contributed by atoms with van der Waals surface area (Å²) < 4.78 is 26.2. The molecule has 5 nitrogen and oxygen atoms in total. The highest BCUT2D eigenvalue weighted by Gasteiger charge is 2.24. The van der Waals surface area contributed by atoms with Crippen LogP contribution in [-0.2, 0) is 10.0 Å². The lowest BCUT2D eigenvalue weighted by molar-refractivity contribution is 0.0921. The Morgan fingerprint density at radius 2 is 1.83 bits per heavy atom. The van der Waals surface area contributed by atoms with Crippen LogP contribution in [0.5, 0.6) is 0 Å². The molecule has 1 saturated carbocycles. The second kappa shape index (κ2) is 7.66. The van der Waals surface area contributed by atoms with Crippen molar-refractivity contribution in [3.8, 4) is 0 Å². The zero-order valence-corrected chi connectivity index (χ0v) is 15.8. The van der Waals surface area contributed by atoms with Crippen molar-refractivity contribution in [3.63, 3.8) is 0 Å². The molecule has 6 heteroatoms. The zero-order chi connectivity index (χ0) is 17.9. The van der Waals surface area contributed by atoms with Crippen molar-refractivity contribution in [2.24, 2.45) is 5.92 Å². The molecule has 1 aromatic carbocycles. The fraction of sp³-hybridized carbons (Fsp3) is 0.611. The molecular formula is C18H28N2O3S. The SMILES string of the molecule is CC1CCCC(NC(=O)c2ccc(S(=O)(=O)N(C)C(C)C)cc2)C1. The van der Waals surface area contributed by atoms with E-state index < -0.39 is 10.0 Å². The van der Waals surface area contributed by atoms with Crippen LogP contribution in [0.3, 0.4) is 0 Å². The van der Waals surface area contributed by atoms with Gasteiger partial charge in [-0.3, -0.25) is 4.79 Å². The first-order chi connectivity index (χ1) is 11.2. The van der Waals surface area contributed by atoms with Gasteiger partial charge in [0.25, 0.3) is 5.91 Å². The van der Waals surface area contributed by atoms with Crippen molar-refractivity contribution >= 4 is 15.9 Å². The molecule has 1 aliphatic rings. The third-order valence-electron chi connectivity index (χ3n) is 4.79. The van der Waals surface area contributed by atoms with E-state index in [2.05, 4.69) is 12.2 Å². The minimum Gasteiger partial charge on any atom is -0.349 e. The molecule has 0 spiro atoms. The summed E-state index contributed by atoms with van der Waals surface area (Å²) in [5.41, 5.74) is 0.499. The Balaban J connectivity index is 2.07. The molecule has 24 heavy (non-hydrogen) atoms. The van der Waals surface area contributed by atoms with Crippen molar-refractivity contribution in [1.29, 1.82) is 0 Å². The van der Waals surface area contributed by atoms with Crippen LogP contribution in [0.15, 0.2) is 29.2 Å². The average molecular weight is 353 g/mol. The molecule has 0 aromatic heterocycles. The topological polar surface area (TPSA) is 66.5 Å². The van der Waals surface area contributed by atoms with Crippen LogP contribution in [0.1, 0.15) is 56.8 Å². The standard InChI is InChI=1S/C18H28N2O3S/c1-13(2)20(4)24(22,23)17-10-8-15(9-11-17)18(21)19-16-7-5-6-14(3)12-16/h8-11,13-14,16H,5-7,12H2,1-4H3,(H,19,21). The number of hydrogen-bond donors (Lipinski definition) is 1. The molecule has 0 saturated heterocycles. The zero-order valence-electron chi connectivity index (χ0n) is 15.0. The fourth-order valence-corrected chi connectivity index (χ4v) is 4.42. The number of rotatable bonds is 5. The lowest BCUT2D eigenvalue weighted by Crippen LogP contribution is -2.38. The number of nitrogens with one attached hydrogen (secondary N) is 1. The van der Waals surface area contributed by atoms with E-state index in [4.69, 9.17) is 0 Å². The lowest BCUT2D eigenvalue weighted by Gasteiger charge is -2.27. The number of benzene rings is 1. The highest BCUT2D eigenvalue weighted by atomic mass is 32.2. The summed E-state index contributed by atoms with van der Waals surface area (Å²) in [7, 11) is -1.95. The van der Waals surface area contributed by atoms with Gasteiger partial charge in [0.1, 0.15) is 0 Å². The molecule has 1 amide bonds. The fourth-order valence-electron chi connectivity index (χ4n) is 3.06. The van der Waals surface area contributed by atoms with Crippen LogP contribution < -0.4 is 5.32 Å². The number of carbonyl (C=O) groups is 1. The van der Waals surface area contributed by atoms with E-state index in [9.17, 15) is 13.2 Å². The summed E-state index contributed by atoms with van der Waals surface area (Å²) >= 11 is 0. The maximum Gasteiger partial charge on any atom is 0.251 e. The smallest absolute Gasteiger partial charge is 0.251 e. The van der Waals surface area contributed by atoms with Crippen molar-refractivity contribution in [3.05, 3.63) is 29.8 Å². The number of amides is 1. The summed E-state index contributed by atoms with van der Waals surface area (Å²) in [6.45, 7) is 5.86. The first-order valence-corrected chi connectivity index (χ1v) is 10.0. The van der Waals surface area contributed by atoms with Crippen LogP contribution in [0, 0.1) is 5.92 Å². The van der Waals surface area contributed by atoms with E-state index in [0.717, 1.165) is 19.3 Å². The van der Waals surface area contributed by atoms with Crippen LogP contribution in [-0.4, -0.2) is 37.8 Å². The van der Waals surface area contributed by atoms with Gasteiger partial charge in [-0.2, -0.15) is 4.31 Å². The van der Waals surface area contributed by atoms with Gasteiger partial charge < -0.3 is 5.32 Å². The van der Waals surface area contributed by atoms with E-state index in [1.54, 1.807) is 19.2 Å². The van der Waals surface area contributed by atoms with Gasteiger partial charge >= 0.3 is 0 Å². The first kappa shape index (κ1) is 18.9. The summed E-state index contributed by atoms with van der Waals surface area (Å²) in [5.74, 6) is 0.512. The highest BCUT2D eigenvalue weighted by molar-refractivity contribution is 7.89. The predicted octanol–water partition coefficient (Wildman–Crippen LogP) is 3.02.